The lowest BCUT2D eigenvalue weighted by molar-refractivity contribution is -0.138. The molecule has 0 radical (unpaired) electrons. The van der Waals surface area contributed by atoms with Crippen molar-refractivity contribution in [2.75, 3.05) is 13.2 Å². The van der Waals surface area contributed by atoms with Gasteiger partial charge in [0.2, 0.25) is 0 Å². The first-order valence-electron chi connectivity index (χ1n) is 7.07. The Bertz CT molecular complexity index is 342. The molecule has 0 aromatic heterocycles. The van der Waals surface area contributed by atoms with Gasteiger partial charge < -0.3 is 19.9 Å². The number of carboxylic acid groups (broad SMARTS) is 1. The molecule has 1 fully saturated rings. The Morgan fingerprint density at radius 3 is 2.25 bits per heavy atom. The van der Waals surface area contributed by atoms with Gasteiger partial charge in [-0.2, -0.15) is 0 Å². The fraction of sp³-hybridized carbons (Fsp3) is 0.857. The van der Waals surface area contributed by atoms with E-state index < -0.39 is 18.2 Å². The Morgan fingerprint density at radius 2 is 1.80 bits per heavy atom. The smallest absolute Gasteiger partial charge is 0.336 e. The molecule has 1 rings (SSSR count). The first-order chi connectivity index (χ1) is 9.31. The molecule has 0 aliphatic carbocycles. The first-order valence-corrected chi connectivity index (χ1v) is 7.07. The molecule has 1 saturated heterocycles. The summed E-state index contributed by atoms with van der Waals surface area (Å²) in [5, 5.41) is 11.5. The van der Waals surface area contributed by atoms with E-state index in [2.05, 4.69) is 33.0 Å². The number of hydrogen-bond acceptors (Lipinski definition) is 4. The summed E-state index contributed by atoms with van der Waals surface area (Å²) in [5.41, 5.74) is 0. The van der Waals surface area contributed by atoms with Crippen molar-refractivity contribution in [2.45, 2.75) is 52.4 Å². The minimum atomic E-state index is -1.10. The summed E-state index contributed by atoms with van der Waals surface area (Å²) in [6.45, 7) is 9.33. The molecule has 116 valence electrons. The van der Waals surface area contributed by atoms with Gasteiger partial charge in [-0.3, -0.25) is 4.79 Å². The molecule has 3 atom stereocenters. The van der Waals surface area contributed by atoms with Crippen molar-refractivity contribution in [3.63, 3.8) is 0 Å². The lowest BCUT2D eigenvalue weighted by Crippen LogP contribution is -2.42. The monoisotopic (exact) mass is 287 g/mol. The number of carboxylic acids is 1. The lowest BCUT2D eigenvalue weighted by Gasteiger charge is -2.21. The number of hydrogen-bond donors (Lipinski definition) is 2. The van der Waals surface area contributed by atoms with Crippen molar-refractivity contribution >= 4 is 11.9 Å². The quantitative estimate of drug-likeness (QED) is 0.619. The number of epoxide rings is 1. The first kappa shape index (κ1) is 16.9. The molecule has 1 amide bonds. The van der Waals surface area contributed by atoms with Gasteiger partial charge in [-0.15, -0.1) is 0 Å². The molecule has 2 N–H and O–H groups in total. The molecule has 20 heavy (non-hydrogen) atoms. The zero-order valence-corrected chi connectivity index (χ0v) is 12.6. The van der Waals surface area contributed by atoms with Crippen LogP contribution in [0, 0.1) is 11.8 Å². The molecule has 1 aliphatic rings. The molecule has 6 heteroatoms. The largest absolute Gasteiger partial charge is 0.479 e. The highest BCUT2D eigenvalue weighted by Crippen LogP contribution is 2.22. The van der Waals surface area contributed by atoms with Gasteiger partial charge in [-0.25, -0.2) is 4.79 Å². The van der Waals surface area contributed by atoms with Crippen LogP contribution in [0.25, 0.3) is 0 Å². The van der Waals surface area contributed by atoms with E-state index in [4.69, 9.17) is 14.6 Å². The second-order valence-electron chi connectivity index (χ2n) is 6.08. The van der Waals surface area contributed by atoms with Crippen molar-refractivity contribution in [1.82, 2.24) is 5.32 Å². The fourth-order valence-electron chi connectivity index (χ4n) is 1.97. The summed E-state index contributed by atoms with van der Waals surface area (Å²) >= 11 is 0. The van der Waals surface area contributed by atoms with Crippen molar-refractivity contribution < 1.29 is 24.2 Å². The van der Waals surface area contributed by atoms with E-state index >= 15 is 0 Å². The normalized spacial score (nSPS) is 22.9. The Kier molecular flexibility index (Phi) is 6.42. The van der Waals surface area contributed by atoms with E-state index in [1.54, 1.807) is 0 Å². The zero-order chi connectivity index (χ0) is 15.3. The van der Waals surface area contributed by atoms with Gasteiger partial charge in [0.25, 0.3) is 5.91 Å². The van der Waals surface area contributed by atoms with Crippen LogP contribution in [-0.2, 0) is 19.1 Å². The van der Waals surface area contributed by atoms with Gasteiger partial charge in [0.1, 0.15) is 0 Å². The van der Waals surface area contributed by atoms with E-state index in [0.717, 1.165) is 6.42 Å². The van der Waals surface area contributed by atoms with Crippen molar-refractivity contribution in [1.29, 1.82) is 0 Å². The molecule has 0 bridgehead atoms. The lowest BCUT2D eigenvalue weighted by atomic mass is 10.0. The third-order valence-electron chi connectivity index (χ3n) is 2.87. The molecule has 0 saturated carbocycles. The third kappa shape index (κ3) is 5.88. The van der Waals surface area contributed by atoms with E-state index in [1.807, 2.05) is 0 Å². The predicted molar refractivity (Wildman–Crippen MR) is 73.3 cm³/mol. The van der Waals surface area contributed by atoms with E-state index in [1.165, 1.54) is 0 Å². The number of ether oxygens (including phenoxy) is 2. The van der Waals surface area contributed by atoms with Gasteiger partial charge in [0, 0.05) is 6.61 Å². The zero-order valence-electron chi connectivity index (χ0n) is 12.6. The van der Waals surface area contributed by atoms with Gasteiger partial charge >= 0.3 is 5.97 Å². The Morgan fingerprint density at radius 1 is 1.15 bits per heavy atom. The number of amides is 1. The summed E-state index contributed by atoms with van der Waals surface area (Å²) in [4.78, 5) is 22.5. The predicted octanol–water partition coefficient (Wildman–Crippen LogP) is 1.04. The topological polar surface area (TPSA) is 88.2 Å². The second-order valence-corrected chi connectivity index (χ2v) is 6.08. The maximum Gasteiger partial charge on any atom is 0.336 e. The fourth-order valence-corrected chi connectivity index (χ4v) is 1.97. The molecule has 1 aliphatic heterocycles. The van der Waals surface area contributed by atoms with Gasteiger partial charge in [-0.05, 0) is 18.3 Å². The van der Waals surface area contributed by atoms with Crippen LogP contribution >= 0.6 is 0 Å². The van der Waals surface area contributed by atoms with Crippen molar-refractivity contribution in [3.8, 4) is 0 Å². The molecule has 1 heterocycles. The summed E-state index contributed by atoms with van der Waals surface area (Å²) < 4.78 is 10.4. The summed E-state index contributed by atoms with van der Waals surface area (Å²) in [5.74, 6) is -0.607. The molecule has 6 nitrogen and oxygen atoms in total. The number of nitrogens with one attached hydrogen (secondary N) is 1. The summed E-state index contributed by atoms with van der Waals surface area (Å²) in [6.07, 6.45) is -1.06. The van der Waals surface area contributed by atoms with Crippen LogP contribution in [0.1, 0.15) is 34.1 Å². The van der Waals surface area contributed by atoms with Crippen LogP contribution in [0.3, 0.4) is 0 Å². The van der Waals surface area contributed by atoms with Crippen molar-refractivity contribution in [2.24, 2.45) is 11.8 Å². The van der Waals surface area contributed by atoms with Gasteiger partial charge in [0.15, 0.2) is 12.2 Å². The molecule has 0 spiro atoms. The van der Waals surface area contributed by atoms with Crippen LogP contribution in [0.4, 0.5) is 0 Å². The molecule has 0 unspecified atom stereocenters. The standard InChI is InChI=1S/C14H25NO5/c1-8(2)5-10(7-19-6-9(3)4)15-13(16)11-12(20-11)14(17)18/h8-12H,5-7H2,1-4H3,(H,15,16)(H,17,18)/t10-,11-,12-/m0/s1. The molecule has 0 aromatic rings. The molecule has 0 aromatic carbocycles. The third-order valence-corrected chi connectivity index (χ3v) is 2.87. The Hall–Kier alpha value is -1.14. The van der Waals surface area contributed by atoms with Gasteiger partial charge in [0.05, 0.1) is 12.6 Å². The Labute approximate surface area is 119 Å². The minimum absolute atomic E-state index is 0.111. The van der Waals surface area contributed by atoms with Crippen LogP contribution in [0.5, 0.6) is 0 Å². The van der Waals surface area contributed by atoms with E-state index in [-0.39, 0.29) is 11.9 Å². The average molecular weight is 287 g/mol. The average Bonchev–Trinajstić information content (AvgIpc) is 3.06. The molecular weight excluding hydrogens is 262 g/mol. The highest BCUT2D eigenvalue weighted by atomic mass is 16.6. The van der Waals surface area contributed by atoms with E-state index in [0.29, 0.717) is 25.0 Å². The Balaban J connectivity index is 2.39. The van der Waals surface area contributed by atoms with Crippen molar-refractivity contribution in [3.05, 3.63) is 0 Å². The SMILES string of the molecule is CC(C)COC[C@H](CC(C)C)NC(=O)[C@H]1O[C@@H]1C(=O)O. The second kappa shape index (κ2) is 7.59. The maximum absolute atomic E-state index is 11.9. The summed E-state index contributed by atoms with van der Waals surface area (Å²) in [6, 6.07) is -0.111. The van der Waals surface area contributed by atoms with Gasteiger partial charge in [-0.1, -0.05) is 27.7 Å². The van der Waals surface area contributed by atoms with Crippen LogP contribution < -0.4 is 5.32 Å². The highest BCUT2D eigenvalue weighted by molar-refractivity contribution is 5.92. The highest BCUT2D eigenvalue weighted by Gasteiger charge is 2.51. The van der Waals surface area contributed by atoms with Crippen LogP contribution in [0.15, 0.2) is 0 Å². The number of aliphatic carboxylic acids is 1. The van der Waals surface area contributed by atoms with E-state index in [9.17, 15) is 9.59 Å². The molecular formula is C14H25NO5. The summed E-state index contributed by atoms with van der Waals surface area (Å²) in [7, 11) is 0. The van der Waals surface area contributed by atoms with Crippen LogP contribution in [0.2, 0.25) is 0 Å². The minimum Gasteiger partial charge on any atom is -0.479 e. The number of carbonyl (C=O) groups excluding carboxylic acids is 1. The van der Waals surface area contributed by atoms with Crippen LogP contribution in [-0.4, -0.2) is 48.4 Å². The number of rotatable bonds is 9. The maximum atomic E-state index is 11.9. The number of carbonyl (C=O) groups is 2.